The molecule has 0 spiro atoms. The van der Waals surface area contributed by atoms with Crippen molar-refractivity contribution in [1.82, 2.24) is 5.43 Å². The van der Waals surface area contributed by atoms with Crippen LogP contribution in [0.2, 0.25) is 0 Å². The topological polar surface area (TPSA) is 67.8 Å². The summed E-state index contributed by atoms with van der Waals surface area (Å²) in [4.78, 5) is 24.5. The Morgan fingerprint density at radius 2 is 1.57 bits per heavy atom. The average Bonchev–Trinajstić information content (AvgIpc) is 2.70. The number of nitrogens with one attached hydrogen (secondary N) is 1. The molecule has 0 aromatic heterocycles. The maximum atomic E-state index is 12.3. The number of carbonyl (C=O) groups excluding carboxylic acids is 2. The molecule has 7 heteroatoms. The fraction of sp³-hybridized carbons (Fsp3) is 0. The van der Waals surface area contributed by atoms with Crippen molar-refractivity contribution in [3.8, 4) is 5.75 Å². The molecule has 3 aromatic carbocycles. The number of amides is 1. The van der Waals surface area contributed by atoms with E-state index < -0.39 is 5.97 Å². The van der Waals surface area contributed by atoms with Gasteiger partial charge in [-0.2, -0.15) is 5.10 Å². The molecule has 140 valence electrons. The molecule has 0 unspecified atom stereocenters. The zero-order chi connectivity index (χ0) is 19.9. The van der Waals surface area contributed by atoms with Crippen LogP contribution in [0.1, 0.15) is 26.3 Å². The second-order valence-corrected chi connectivity index (χ2v) is 7.48. The summed E-state index contributed by atoms with van der Waals surface area (Å²) >= 11 is 6.70. The van der Waals surface area contributed by atoms with Gasteiger partial charge in [0, 0.05) is 20.1 Å². The predicted octanol–water partition coefficient (Wildman–Crippen LogP) is 5.19. The van der Waals surface area contributed by atoms with E-state index in [-0.39, 0.29) is 5.91 Å². The van der Waals surface area contributed by atoms with Crippen molar-refractivity contribution < 1.29 is 14.3 Å². The highest BCUT2D eigenvalue weighted by atomic mass is 79.9. The number of hydrogen-bond acceptors (Lipinski definition) is 4. The van der Waals surface area contributed by atoms with Crippen LogP contribution in [0, 0.1) is 0 Å². The van der Waals surface area contributed by atoms with Gasteiger partial charge in [0.2, 0.25) is 0 Å². The highest BCUT2D eigenvalue weighted by Gasteiger charge is 2.11. The van der Waals surface area contributed by atoms with Crippen molar-refractivity contribution >= 4 is 50.0 Å². The lowest BCUT2D eigenvalue weighted by atomic mass is 10.2. The second kappa shape index (κ2) is 9.43. The molecule has 0 fully saturated rings. The van der Waals surface area contributed by atoms with Gasteiger partial charge in [-0.3, -0.25) is 4.79 Å². The van der Waals surface area contributed by atoms with Gasteiger partial charge in [0.1, 0.15) is 5.75 Å². The van der Waals surface area contributed by atoms with E-state index in [9.17, 15) is 9.59 Å². The fourth-order valence-corrected chi connectivity index (χ4v) is 3.08. The molecule has 0 aliphatic heterocycles. The highest BCUT2D eigenvalue weighted by molar-refractivity contribution is 9.10. The summed E-state index contributed by atoms with van der Waals surface area (Å²) in [5.74, 6) is -0.497. The number of ether oxygens (including phenoxy) is 1. The third-order valence-electron chi connectivity index (χ3n) is 3.64. The molecular formula is C21H14Br2N2O3. The van der Waals surface area contributed by atoms with E-state index >= 15 is 0 Å². The zero-order valence-electron chi connectivity index (χ0n) is 14.4. The summed E-state index contributed by atoms with van der Waals surface area (Å²) < 4.78 is 7.06. The number of esters is 1. The Labute approximate surface area is 178 Å². The standard InChI is InChI=1S/C21H14Br2N2O3/c22-17-8-4-7-15(11-17)20(26)25-24-13-16-12-18(23)9-10-19(16)28-21(27)14-5-2-1-3-6-14/h1-13H,(H,25,26)/b24-13-. The van der Waals surface area contributed by atoms with Gasteiger partial charge in [0.05, 0.1) is 11.8 Å². The van der Waals surface area contributed by atoms with Crippen LogP contribution in [0.4, 0.5) is 0 Å². The lowest BCUT2D eigenvalue weighted by molar-refractivity contribution is 0.0734. The Balaban J connectivity index is 1.74. The van der Waals surface area contributed by atoms with Crippen LogP contribution < -0.4 is 10.2 Å². The van der Waals surface area contributed by atoms with E-state index in [4.69, 9.17) is 4.74 Å². The first-order valence-corrected chi connectivity index (χ1v) is 9.77. The monoisotopic (exact) mass is 500 g/mol. The number of nitrogens with zero attached hydrogens (tertiary/aromatic N) is 1. The van der Waals surface area contributed by atoms with Crippen LogP contribution in [-0.4, -0.2) is 18.1 Å². The van der Waals surface area contributed by atoms with Crippen LogP contribution in [0.5, 0.6) is 5.75 Å². The minimum atomic E-state index is -0.476. The summed E-state index contributed by atoms with van der Waals surface area (Å²) in [7, 11) is 0. The van der Waals surface area contributed by atoms with Gasteiger partial charge in [0.15, 0.2) is 0 Å². The lowest BCUT2D eigenvalue weighted by Gasteiger charge is -2.08. The van der Waals surface area contributed by atoms with Crippen molar-refractivity contribution in [2.75, 3.05) is 0 Å². The van der Waals surface area contributed by atoms with Gasteiger partial charge in [0.25, 0.3) is 5.91 Å². The summed E-state index contributed by atoms with van der Waals surface area (Å²) in [5.41, 5.74) is 3.91. The summed E-state index contributed by atoms with van der Waals surface area (Å²) in [6, 6.07) is 20.8. The van der Waals surface area contributed by atoms with E-state index in [1.54, 1.807) is 60.7 Å². The van der Waals surface area contributed by atoms with Crippen molar-refractivity contribution in [3.63, 3.8) is 0 Å². The first-order valence-electron chi connectivity index (χ1n) is 8.19. The Hall–Kier alpha value is -2.77. The van der Waals surface area contributed by atoms with Crippen LogP contribution in [0.15, 0.2) is 86.8 Å². The molecule has 0 saturated carbocycles. The number of rotatable bonds is 5. The van der Waals surface area contributed by atoms with E-state index in [1.807, 2.05) is 12.1 Å². The van der Waals surface area contributed by atoms with Gasteiger partial charge in [-0.25, -0.2) is 10.2 Å². The first-order chi connectivity index (χ1) is 13.5. The minimum Gasteiger partial charge on any atom is -0.422 e. The van der Waals surface area contributed by atoms with Crippen molar-refractivity contribution in [1.29, 1.82) is 0 Å². The molecule has 0 aliphatic rings. The largest absolute Gasteiger partial charge is 0.422 e. The molecule has 0 radical (unpaired) electrons. The van der Waals surface area contributed by atoms with Gasteiger partial charge in [-0.1, -0.05) is 56.1 Å². The molecule has 0 aliphatic carbocycles. The van der Waals surface area contributed by atoms with Gasteiger partial charge in [-0.15, -0.1) is 0 Å². The number of halogens is 2. The molecule has 28 heavy (non-hydrogen) atoms. The van der Waals surface area contributed by atoms with Crippen LogP contribution in [-0.2, 0) is 0 Å². The quantitative estimate of drug-likeness (QED) is 0.226. The van der Waals surface area contributed by atoms with E-state index in [1.165, 1.54) is 6.21 Å². The summed E-state index contributed by atoms with van der Waals surface area (Å²) in [6.45, 7) is 0. The minimum absolute atomic E-state index is 0.331. The normalized spacial score (nSPS) is 10.6. The molecule has 3 aromatic rings. The Kier molecular flexibility index (Phi) is 6.73. The second-order valence-electron chi connectivity index (χ2n) is 5.65. The molecule has 5 nitrogen and oxygen atoms in total. The molecule has 0 heterocycles. The number of carbonyl (C=O) groups is 2. The van der Waals surface area contributed by atoms with E-state index in [2.05, 4.69) is 42.4 Å². The average molecular weight is 502 g/mol. The van der Waals surface area contributed by atoms with Gasteiger partial charge in [-0.05, 0) is 48.5 Å². The van der Waals surface area contributed by atoms with Crippen molar-refractivity contribution in [2.45, 2.75) is 0 Å². The predicted molar refractivity (Wildman–Crippen MR) is 115 cm³/mol. The SMILES string of the molecule is O=C(N/N=C\c1cc(Br)ccc1OC(=O)c1ccccc1)c1cccc(Br)c1. The number of benzene rings is 3. The summed E-state index contributed by atoms with van der Waals surface area (Å²) in [6.07, 6.45) is 1.42. The smallest absolute Gasteiger partial charge is 0.343 e. The Bertz CT molecular complexity index is 1040. The third kappa shape index (κ3) is 5.37. The van der Waals surface area contributed by atoms with Gasteiger partial charge < -0.3 is 4.74 Å². The van der Waals surface area contributed by atoms with Crippen LogP contribution >= 0.6 is 31.9 Å². The first kappa shape index (κ1) is 20.0. The van der Waals surface area contributed by atoms with Gasteiger partial charge >= 0.3 is 5.97 Å². The van der Waals surface area contributed by atoms with Crippen LogP contribution in [0.25, 0.3) is 0 Å². The van der Waals surface area contributed by atoms with E-state index in [0.717, 1.165) is 8.95 Å². The molecule has 1 N–H and O–H groups in total. The highest BCUT2D eigenvalue weighted by Crippen LogP contribution is 2.23. The zero-order valence-corrected chi connectivity index (χ0v) is 17.6. The molecule has 0 saturated heterocycles. The summed E-state index contributed by atoms with van der Waals surface area (Å²) in [5, 5.41) is 3.98. The van der Waals surface area contributed by atoms with E-state index in [0.29, 0.717) is 22.4 Å². The van der Waals surface area contributed by atoms with Crippen molar-refractivity contribution in [3.05, 3.63) is 98.4 Å². The molecule has 0 atom stereocenters. The third-order valence-corrected chi connectivity index (χ3v) is 4.63. The molecule has 0 bridgehead atoms. The maximum absolute atomic E-state index is 12.3. The molecule has 1 amide bonds. The van der Waals surface area contributed by atoms with Crippen molar-refractivity contribution in [2.24, 2.45) is 5.10 Å². The Morgan fingerprint density at radius 3 is 2.32 bits per heavy atom. The number of hydrogen-bond donors (Lipinski definition) is 1. The Morgan fingerprint density at radius 1 is 0.857 bits per heavy atom. The molecular weight excluding hydrogens is 488 g/mol. The van der Waals surface area contributed by atoms with Crippen LogP contribution in [0.3, 0.4) is 0 Å². The molecule has 3 rings (SSSR count). The number of hydrazone groups is 1. The maximum Gasteiger partial charge on any atom is 0.343 e. The lowest BCUT2D eigenvalue weighted by Crippen LogP contribution is -2.17. The fourth-order valence-electron chi connectivity index (χ4n) is 2.30.